The number of anilines is 1. The van der Waals surface area contributed by atoms with E-state index in [4.69, 9.17) is 4.74 Å². The second-order valence-corrected chi connectivity index (χ2v) is 5.00. The van der Waals surface area contributed by atoms with Gasteiger partial charge in [-0.05, 0) is 25.3 Å². The molecule has 88 valence electrons. The molecule has 0 bridgehead atoms. The Hall–Kier alpha value is -1.00. The summed E-state index contributed by atoms with van der Waals surface area (Å²) in [7, 11) is 1.60. The zero-order valence-corrected chi connectivity index (χ0v) is 10.6. The fourth-order valence-corrected chi connectivity index (χ4v) is 1.75. The molecule has 0 aliphatic rings. The Morgan fingerprint density at radius 1 is 1.44 bits per heavy atom. The maximum absolute atomic E-state index is 12.0. The van der Waals surface area contributed by atoms with Crippen molar-refractivity contribution in [2.24, 2.45) is 0 Å². The van der Waals surface area contributed by atoms with Crippen LogP contribution < -0.4 is 5.32 Å². The van der Waals surface area contributed by atoms with Crippen LogP contribution in [0.5, 0.6) is 0 Å². The number of nitrogens with one attached hydrogen (secondary N) is 1. The number of hydrogen-bond acceptors (Lipinski definition) is 3. The van der Waals surface area contributed by atoms with Gasteiger partial charge in [-0.15, -0.1) is 11.8 Å². The largest absolute Gasteiger partial charge is 0.383 e. The highest BCUT2D eigenvalue weighted by atomic mass is 32.2. The van der Waals surface area contributed by atoms with E-state index in [9.17, 15) is 4.79 Å². The van der Waals surface area contributed by atoms with Crippen molar-refractivity contribution >= 4 is 23.4 Å². The Labute approximate surface area is 101 Å². The van der Waals surface area contributed by atoms with Crippen molar-refractivity contribution in [3.63, 3.8) is 0 Å². The van der Waals surface area contributed by atoms with E-state index in [1.807, 2.05) is 43.5 Å². The highest BCUT2D eigenvalue weighted by Gasteiger charge is 2.32. The Kier molecular flexibility index (Phi) is 4.83. The van der Waals surface area contributed by atoms with Gasteiger partial charge in [-0.25, -0.2) is 0 Å². The smallest absolute Gasteiger partial charge is 0.242 e. The van der Waals surface area contributed by atoms with Crippen molar-refractivity contribution in [3.8, 4) is 0 Å². The first-order valence-electron chi connectivity index (χ1n) is 5.03. The van der Waals surface area contributed by atoms with Crippen LogP contribution >= 0.6 is 11.8 Å². The third kappa shape index (κ3) is 3.25. The second kappa shape index (κ2) is 5.92. The monoisotopic (exact) mass is 239 g/mol. The topological polar surface area (TPSA) is 38.3 Å². The first-order valence-corrected chi connectivity index (χ1v) is 6.25. The standard InChI is InChI=1S/C12H17NO2S/c1-12(16-3,9-15-2)11(14)13-10-7-5-4-6-8-10/h4-8H,9H2,1-3H3,(H,13,14). The first kappa shape index (κ1) is 13.1. The van der Waals surface area contributed by atoms with Gasteiger partial charge < -0.3 is 10.1 Å². The van der Waals surface area contributed by atoms with Crippen LogP contribution in [0.2, 0.25) is 0 Å². The third-order valence-corrected chi connectivity index (χ3v) is 3.59. The number of para-hydroxylation sites is 1. The Morgan fingerprint density at radius 3 is 2.56 bits per heavy atom. The van der Waals surface area contributed by atoms with Gasteiger partial charge in [0.1, 0.15) is 4.75 Å². The number of benzene rings is 1. The van der Waals surface area contributed by atoms with Gasteiger partial charge in [0, 0.05) is 12.8 Å². The molecule has 1 unspecified atom stereocenters. The van der Waals surface area contributed by atoms with Crippen LogP contribution in [0.25, 0.3) is 0 Å². The molecule has 0 spiro atoms. The molecule has 0 radical (unpaired) electrons. The minimum atomic E-state index is -0.551. The summed E-state index contributed by atoms with van der Waals surface area (Å²) >= 11 is 1.49. The Bertz CT molecular complexity index is 342. The minimum Gasteiger partial charge on any atom is -0.383 e. The molecule has 1 aromatic carbocycles. The van der Waals surface area contributed by atoms with Crippen LogP contribution in [0.3, 0.4) is 0 Å². The fourth-order valence-electron chi connectivity index (χ4n) is 1.28. The van der Waals surface area contributed by atoms with E-state index in [-0.39, 0.29) is 5.91 Å². The zero-order chi connectivity index (χ0) is 12.0. The van der Waals surface area contributed by atoms with Crippen molar-refractivity contribution in [3.05, 3.63) is 30.3 Å². The molecule has 0 aromatic heterocycles. The molecule has 4 heteroatoms. The van der Waals surface area contributed by atoms with E-state index in [1.54, 1.807) is 7.11 Å². The average Bonchev–Trinajstić information content (AvgIpc) is 2.30. The number of hydrogen-bond donors (Lipinski definition) is 1. The number of ether oxygens (including phenoxy) is 1. The summed E-state index contributed by atoms with van der Waals surface area (Å²) < 4.78 is 4.52. The first-order chi connectivity index (χ1) is 7.62. The van der Waals surface area contributed by atoms with Gasteiger partial charge in [-0.1, -0.05) is 18.2 Å². The van der Waals surface area contributed by atoms with E-state index >= 15 is 0 Å². The van der Waals surface area contributed by atoms with E-state index in [1.165, 1.54) is 11.8 Å². The molecule has 0 fully saturated rings. The van der Waals surface area contributed by atoms with Crippen molar-refractivity contribution < 1.29 is 9.53 Å². The van der Waals surface area contributed by atoms with Gasteiger partial charge in [0.25, 0.3) is 0 Å². The lowest BCUT2D eigenvalue weighted by atomic mass is 10.1. The predicted octanol–water partition coefficient (Wildman–Crippen LogP) is 2.39. The number of rotatable bonds is 5. The van der Waals surface area contributed by atoms with Crippen LogP contribution in [-0.2, 0) is 9.53 Å². The highest BCUT2D eigenvalue weighted by molar-refractivity contribution is 8.00. The quantitative estimate of drug-likeness (QED) is 0.857. The van der Waals surface area contributed by atoms with Crippen molar-refractivity contribution in [2.45, 2.75) is 11.7 Å². The molecule has 1 aromatic rings. The summed E-state index contributed by atoms with van der Waals surface area (Å²) in [6, 6.07) is 9.43. The van der Waals surface area contributed by atoms with Gasteiger partial charge in [-0.3, -0.25) is 4.79 Å². The lowest BCUT2D eigenvalue weighted by molar-refractivity contribution is -0.119. The maximum atomic E-state index is 12.0. The van der Waals surface area contributed by atoms with Crippen LogP contribution in [0.1, 0.15) is 6.92 Å². The molecular weight excluding hydrogens is 222 g/mol. The lowest BCUT2D eigenvalue weighted by Gasteiger charge is -2.25. The number of carbonyl (C=O) groups is 1. The van der Waals surface area contributed by atoms with E-state index < -0.39 is 4.75 Å². The minimum absolute atomic E-state index is 0.0342. The van der Waals surface area contributed by atoms with E-state index in [2.05, 4.69) is 5.32 Å². The van der Waals surface area contributed by atoms with Crippen molar-refractivity contribution in [1.29, 1.82) is 0 Å². The van der Waals surface area contributed by atoms with Crippen molar-refractivity contribution in [1.82, 2.24) is 0 Å². The second-order valence-electron chi connectivity index (χ2n) is 3.69. The van der Waals surface area contributed by atoms with Crippen LogP contribution in [0, 0.1) is 0 Å². The lowest BCUT2D eigenvalue weighted by Crippen LogP contribution is -2.40. The molecule has 0 heterocycles. The van der Waals surface area contributed by atoms with E-state index in [0.717, 1.165) is 5.69 Å². The maximum Gasteiger partial charge on any atom is 0.242 e. The number of methoxy groups -OCH3 is 1. The van der Waals surface area contributed by atoms with E-state index in [0.29, 0.717) is 6.61 Å². The molecule has 0 aliphatic carbocycles. The molecule has 1 rings (SSSR count). The van der Waals surface area contributed by atoms with Gasteiger partial charge >= 0.3 is 0 Å². The number of amides is 1. The Morgan fingerprint density at radius 2 is 2.06 bits per heavy atom. The summed E-state index contributed by atoms with van der Waals surface area (Å²) in [5.41, 5.74) is 0.809. The summed E-state index contributed by atoms with van der Waals surface area (Å²) in [5, 5.41) is 2.88. The summed E-state index contributed by atoms with van der Waals surface area (Å²) in [6.07, 6.45) is 1.91. The van der Waals surface area contributed by atoms with Crippen LogP contribution in [0.15, 0.2) is 30.3 Å². The van der Waals surface area contributed by atoms with Gasteiger partial charge in [0.15, 0.2) is 0 Å². The highest BCUT2D eigenvalue weighted by Crippen LogP contribution is 2.24. The van der Waals surface area contributed by atoms with Gasteiger partial charge in [0.05, 0.1) is 6.61 Å². The third-order valence-electron chi connectivity index (χ3n) is 2.38. The molecule has 1 N–H and O–H groups in total. The molecular formula is C12H17NO2S. The molecule has 0 saturated heterocycles. The molecule has 0 saturated carbocycles. The predicted molar refractivity (Wildman–Crippen MR) is 68.9 cm³/mol. The molecule has 1 atom stereocenters. The summed E-state index contributed by atoms with van der Waals surface area (Å²) in [4.78, 5) is 12.0. The van der Waals surface area contributed by atoms with Crippen molar-refractivity contribution in [2.75, 3.05) is 25.3 Å². The van der Waals surface area contributed by atoms with Gasteiger partial charge in [0.2, 0.25) is 5.91 Å². The van der Waals surface area contributed by atoms with Crippen LogP contribution in [0.4, 0.5) is 5.69 Å². The SMILES string of the molecule is COCC(C)(SC)C(=O)Nc1ccccc1. The molecule has 1 amide bonds. The normalized spacial score (nSPS) is 14.2. The van der Waals surface area contributed by atoms with Gasteiger partial charge in [-0.2, -0.15) is 0 Å². The molecule has 0 aliphatic heterocycles. The van der Waals surface area contributed by atoms with Crippen LogP contribution in [-0.4, -0.2) is 30.6 Å². The number of carbonyl (C=O) groups excluding carboxylic acids is 1. The zero-order valence-electron chi connectivity index (χ0n) is 9.82. The number of thioether (sulfide) groups is 1. The summed E-state index contributed by atoms with van der Waals surface area (Å²) in [5.74, 6) is -0.0342. The summed E-state index contributed by atoms with van der Waals surface area (Å²) in [6.45, 7) is 2.27. The fraction of sp³-hybridized carbons (Fsp3) is 0.417. The molecule has 16 heavy (non-hydrogen) atoms. The Balaban J connectivity index is 2.70. The average molecular weight is 239 g/mol. The molecule has 3 nitrogen and oxygen atoms in total.